The van der Waals surface area contributed by atoms with Gasteiger partial charge in [-0.25, -0.2) is 4.99 Å². The first-order valence-corrected chi connectivity index (χ1v) is 7.85. The minimum absolute atomic E-state index is 0.209. The van der Waals surface area contributed by atoms with Crippen molar-refractivity contribution in [2.24, 2.45) is 4.99 Å². The Morgan fingerprint density at radius 1 is 1.13 bits per heavy atom. The highest BCUT2D eigenvalue weighted by atomic mass is 35.5. The van der Waals surface area contributed by atoms with Gasteiger partial charge >= 0.3 is 0 Å². The van der Waals surface area contributed by atoms with Gasteiger partial charge in [0.2, 0.25) is 0 Å². The second-order valence-corrected chi connectivity index (χ2v) is 5.30. The average molecular weight is 331 g/mol. The molecule has 0 radical (unpaired) electrons. The summed E-state index contributed by atoms with van der Waals surface area (Å²) in [4.78, 5) is 16.6. The highest BCUT2D eigenvalue weighted by molar-refractivity contribution is 6.34. The molecule has 0 bridgehead atoms. The molecule has 2 rings (SSSR count). The molecule has 0 saturated carbocycles. The first-order valence-electron chi connectivity index (χ1n) is 7.47. The SMILES string of the molecule is CCCOC(=NCc1ccccc1)NC(=O)c1ccccc1Cl. The quantitative estimate of drug-likeness (QED) is 0.664. The van der Waals surface area contributed by atoms with Gasteiger partial charge in [0.1, 0.15) is 0 Å². The molecule has 0 fully saturated rings. The molecule has 0 aliphatic rings. The molecular weight excluding hydrogens is 312 g/mol. The van der Waals surface area contributed by atoms with Crippen molar-refractivity contribution < 1.29 is 9.53 Å². The molecule has 1 amide bonds. The number of nitrogens with one attached hydrogen (secondary N) is 1. The van der Waals surface area contributed by atoms with Crippen LogP contribution in [0.5, 0.6) is 0 Å². The summed E-state index contributed by atoms with van der Waals surface area (Å²) in [7, 11) is 0. The number of carbonyl (C=O) groups is 1. The zero-order valence-corrected chi connectivity index (χ0v) is 13.7. The lowest BCUT2D eigenvalue weighted by Crippen LogP contribution is -2.33. The van der Waals surface area contributed by atoms with Gasteiger partial charge in [-0.3, -0.25) is 10.1 Å². The summed E-state index contributed by atoms with van der Waals surface area (Å²) >= 11 is 6.04. The minimum atomic E-state index is -0.335. The van der Waals surface area contributed by atoms with Crippen LogP contribution in [0.3, 0.4) is 0 Å². The van der Waals surface area contributed by atoms with Crippen LogP contribution in [0.25, 0.3) is 0 Å². The molecule has 0 saturated heterocycles. The van der Waals surface area contributed by atoms with Crippen molar-refractivity contribution in [2.45, 2.75) is 19.9 Å². The summed E-state index contributed by atoms with van der Waals surface area (Å²) in [6.45, 7) is 2.91. The van der Waals surface area contributed by atoms with Crippen molar-refractivity contribution in [3.05, 3.63) is 70.7 Å². The number of hydrogen-bond donors (Lipinski definition) is 1. The fourth-order valence-corrected chi connectivity index (χ4v) is 2.10. The summed E-state index contributed by atoms with van der Waals surface area (Å²) in [6, 6.07) is 16.8. The van der Waals surface area contributed by atoms with Gasteiger partial charge in [0.15, 0.2) is 0 Å². The van der Waals surface area contributed by atoms with Crippen molar-refractivity contribution in [2.75, 3.05) is 6.61 Å². The molecule has 0 spiro atoms. The fourth-order valence-electron chi connectivity index (χ4n) is 1.88. The zero-order chi connectivity index (χ0) is 16.5. The minimum Gasteiger partial charge on any atom is -0.465 e. The van der Waals surface area contributed by atoms with Crippen LogP contribution in [0, 0.1) is 0 Å². The van der Waals surface area contributed by atoms with Gasteiger partial charge in [0.25, 0.3) is 11.9 Å². The van der Waals surface area contributed by atoms with Gasteiger partial charge in [-0.2, -0.15) is 0 Å². The van der Waals surface area contributed by atoms with E-state index < -0.39 is 0 Å². The molecule has 0 aliphatic carbocycles. The second-order valence-electron chi connectivity index (χ2n) is 4.89. The third-order valence-corrected chi connectivity index (χ3v) is 3.36. The molecule has 120 valence electrons. The van der Waals surface area contributed by atoms with E-state index in [9.17, 15) is 4.79 Å². The number of amides is 1. The number of hydrogen-bond acceptors (Lipinski definition) is 3. The van der Waals surface area contributed by atoms with Gasteiger partial charge in [-0.1, -0.05) is 61.0 Å². The normalized spacial score (nSPS) is 11.1. The Hall–Kier alpha value is -2.33. The molecule has 1 N–H and O–H groups in total. The van der Waals surface area contributed by atoms with Crippen LogP contribution in [0.15, 0.2) is 59.6 Å². The van der Waals surface area contributed by atoms with Gasteiger partial charge in [-0.15, -0.1) is 0 Å². The van der Waals surface area contributed by atoms with Crippen LogP contribution >= 0.6 is 11.6 Å². The molecule has 2 aromatic rings. The molecule has 0 atom stereocenters. The maximum Gasteiger partial charge on any atom is 0.292 e. The summed E-state index contributed by atoms with van der Waals surface area (Å²) in [5, 5.41) is 3.08. The molecule has 0 aromatic heterocycles. The van der Waals surface area contributed by atoms with E-state index in [0.717, 1.165) is 12.0 Å². The lowest BCUT2D eigenvalue weighted by atomic mass is 10.2. The van der Waals surface area contributed by atoms with Crippen LogP contribution in [0.4, 0.5) is 0 Å². The van der Waals surface area contributed by atoms with Crippen LogP contribution in [0.2, 0.25) is 5.02 Å². The van der Waals surface area contributed by atoms with Crippen molar-refractivity contribution in [1.82, 2.24) is 5.32 Å². The predicted molar refractivity (Wildman–Crippen MR) is 92.7 cm³/mol. The number of rotatable bonds is 5. The van der Waals surface area contributed by atoms with Crippen LogP contribution in [-0.2, 0) is 11.3 Å². The monoisotopic (exact) mass is 330 g/mol. The zero-order valence-electron chi connectivity index (χ0n) is 13.0. The van der Waals surface area contributed by atoms with E-state index in [1.165, 1.54) is 0 Å². The van der Waals surface area contributed by atoms with Crippen LogP contribution in [-0.4, -0.2) is 18.5 Å². The highest BCUT2D eigenvalue weighted by Crippen LogP contribution is 2.14. The van der Waals surface area contributed by atoms with E-state index >= 15 is 0 Å². The summed E-state index contributed by atoms with van der Waals surface area (Å²) in [5.74, 6) is -0.335. The maximum atomic E-state index is 12.3. The van der Waals surface area contributed by atoms with E-state index in [1.807, 2.05) is 37.3 Å². The lowest BCUT2D eigenvalue weighted by molar-refractivity contribution is 0.0965. The number of halogens is 1. The number of benzene rings is 2. The van der Waals surface area contributed by atoms with Gasteiger partial charge < -0.3 is 4.74 Å². The van der Waals surface area contributed by atoms with E-state index in [-0.39, 0.29) is 11.9 Å². The maximum absolute atomic E-state index is 12.3. The average Bonchev–Trinajstić information content (AvgIpc) is 2.58. The van der Waals surface area contributed by atoms with E-state index in [4.69, 9.17) is 16.3 Å². The summed E-state index contributed by atoms with van der Waals surface area (Å²) in [6.07, 6.45) is 0.826. The van der Waals surface area contributed by atoms with Crippen molar-refractivity contribution in [3.8, 4) is 0 Å². The van der Waals surface area contributed by atoms with Gasteiger partial charge in [0, 0.05) is 0 Å². The largest absolute Gasteiger partial charge is 0.465 e. The number of nitrogens with zero attached hydrogens (tertiary/aromatic N) is 1. The molecule has 4 nitrogen and oxygen atoms in total. The molecule has 2 aromatic carbocycles. The molecule has 0 aliphatic heterocycles. The Balaban J connectivity index is 2.09. The Labute approximate surface area is 141 Å². The van der Waals surface area contributed by atoms with Crippen LogP contribution < -0.4 is 5.32 Å². The topological polar surface area (TPSA) is 50.7 Å². The van der Waals surface area contributed by atoms with Crippen molar-refractivity contribution in [3.63, 3.8) is 0 Å². The predicted octanol–water partition coefficient (Wildman–Crippen LogP) is 4.05. The Kier molecular flexibility index (Phi) is 6.63. The summed E-state index contributed by atoms with van der Waals surface area (Å²) < 4.78 is 5.52. The Morgan fingerprint density at radius 3 is 2.52 bits per heavy atom. The third-order valence-electron chi connectivity index (χ3n) is 3.03. The van der Waals surface area contributed by atoms with E-state index in [0.29, 0.717) is 23.7 Å². The highest BCUT2D eigenvalue weighted by Gasteiger charge is 2.12. The smallest absolute Gasteiger partial charge is 0.292 e. The van der Waals surface area contributed by atoms with Gasteiger partial charge in [-0.05, 0) is 24.1 Å². The number of aliphatic imine (C=N–C) groups is 1. The van der Waals surface area contributed by atoms with Gasteiger partial charge in [0.05, 0.1) is 23.7 Å². The van der Waals surface area contributed by atoms with Crippen molar-refractivity contribution in [1.29, 1.82) is 0 Å². The number of ether oxygens (including phenoxy) is 1. The fraction of sp³-hybridized carbons (Fsp3) is 0.222. The number of amidine groups is 1. The van der Waals surface area contributed by atoms with E-state index in [2.05, 4.69) is 10.3 Å². The first kappa shape index (κ1) is 17.0. The first-order chi connectivity index (χ1) is 11.2. The molecule has 23 heavy (non-hydrogen) atoms. The lowest BCUT2D eigenvalue weighted by Gasteiger charge is -2.11. The van der Waals surface area contributed by atoms with Crippen LogP contribution in [0.1, 0.15) is 29.3 Å². The molecule has 0 unspecified atom stereocenters. The molecule has 5 heteroatoms. The molecular formula is C18H19ClN2O2. The molecule has 0 heterocycles. The number of carbonyl (C=O) groups excluding carboxylic acids is 1. The van der Waals surface area contributed by atoms with Crippen molar-refractivity contribution >= 4 is 23.5 Å². The Morgan fingerprint density at radius 2 is 1.83 bits per heavy atom. The third kappa shape index (κ3) is 5.42. The summed E-state index contributed by atoms with van der Waals surface area (Å²) in [5.41, 5.74) is 1.43. The van der Waals surface area contributed by atoms with E-state index in [1.54, 1.807) is 24.3 Å². The Bertz CT molecular complexity index is 672. The standard InChI is InChI=1S/C18H19ClN2O2/c1-2-12-23-18(20-13-14-8-4-3-5-9-14)21-17(22)15-10-6-7-11-16(15)19/h3-11H,2,12-13H2,1H3,(H,20,21,22). The second kappa shape index (κ2) is 8.96.